The SMILES string of the molecule is CCS(=O)(=O)c1nc2c3c(nc(-c4cc(OCOC)cc5ccc(F)c(C#C[Si](C(C)C)(C(C)C)C(C)C)c45)c(F)c3n1)CCCC[C@@H]1[C@@H]3CC[C@H](CN21)N3C(=O)OC(C)(C)C. The number of halogens is 2. The molecule has 2 bridgehead atoms. The summed E-state index contributed by atoms with van der Waals surface area (Å²) in [6.45, 7) is 20.4. The van der Waals surface area contributed by atoms with E-state index in [-0.39, 0.29) is 75.7 Å². The molecule has 2 aromatic carbocycles. The van der Waals surface area contributed by atoms with E-state index in [1.54, 1.807) is 18.2 Å². The smallest absolute Gasteiger partial charge is 0.410 e. The van der Waals surface area contributed by atoms with Gasteiger partial charge in [-0.1, -0.05) is 66.9 Å². The van der Waals surface area contributed by atoms with Crippen LogP contribution < -0.4 is 9.64 Å². The second kappa shape index (κ2) is 17.3. The molecule has 0 N–H and O–H groups in total. The fraction of sp³-hybridized carbons (Fsp3) is 0.574. The zero-order valence-electron chi connectivity index (χ0n) is 38.0. The Labute approximate surface area is 366 Å². The Morgan fingerprint density at radius 2 is 1.66 bits per heavy atom. The largest absolute Gasteiger partial charge is 0.468 e. The van der Waals surface area contributed by atoms with Crippen LogP contribution in [0.15, 0.2) is 29.4 Å². The van der Waals surface area contributed by atoms with E-state index in [9.17, 15) is 13.2 Å². The van der Waals surface area contributed by atoms with Crippen LogP contribution in [0.2, 0.25) is 16.6 Å². The number of piperazine rings is 1. The molecule has 0 unspecified atom stereocenters. The van der Waals surface area contributed by atoms with Crippen LogP contribution in [0, 0.1) is 23.1 Å². The number of anilines is 1. The number of methoxy groups -OCH3 is 1. The molecular weight excluding hydrogens is 829 g/mol. The second-order valence-corrected chi connectivity index (χ2v) is 26.8. The number of hydrogen-bond acceptors (Lipinski definition) is 10. The number of hydrogen-bond donors (Lipinski definition) is 0. The number of carbonyl (C=O) groups excluding carboxylic acids is 1. The van der Waals surface area contributed by atoms with Gasteiger partial charge in [-0.05, 0) is 93.1 Å². The Morgan fingerprint density at radius 3 is 2.31 bits per heavy atom. The van der Waals surface area contributed by atoms with Gasteiger partial charge in [0.2, 0.25) is 15.0 Å². The van der Waals surface area contributed by atoms with Gasteiger partial charge in [0.25, 0.3) is 0 Å². The van der Waals surface area contributed by atoms with E-state index in [0.29, 0.717) is 59.2 Å². The molecule has 1 amide bonds. The number of aromatic nitrogens is 3. The molecule has 2 saturated heterocycles. The summed E-state index contributed by atoms with van der Waals surface area (Å²) in [5.41, 5.74) is 4.39. The number of pyridine rings is 1. The fourth-order valence-corrected chi connectivity index (χ4v) is 16.4. The molecule has 15 heteroatoms. The Morgan fingerprint density at radius 1 is 0.952 bits per heavy atom. The second-order valence-electron chi connectivity index (χ2n) is 19.0. The number of rotatable bonds is 9. The monoisotopic (exact) mass is 889 g/mol. The summed E-state index contributed by atoms with van der Waals surface area (Å²) in [7, 11) is -4.92. The lowest BCUT2D eigenvalue weighted by molar-refractivity contribution is 0.00703. The van der Waals surface area contributed by atoms with Gasteiger partial charge in [0.1, 0.15) is 42.3 Å². The van der Waals surface area contributed by atoms with Gasteiger partial charge in [-0.25, -0.2) is 36.9 Å². The van der Waals surface area contributed by atoms with Gasteiger partial charge in [-0.3, -0.25) is 4.90 Å². The maximum atomic E-state index is 18.0. The van der Waals surface area contributed by atoms with Crippen molar-refractivity contribution in [2.75, 3.05) is 31.1 Å². The first-order chi connectivity index (χ1) is 29.2. The van der Waals surface area contributed by atoms with E-state index < -0.39 is 40.3 Å². The summed E-state index contributed by atoms with van der Waals surface area (Å²) < 4.78 is 79.0. The van der Waals surface area contributed by atoms with E-state index in [4.69, 9.17) is 24.2 Å². The first kappa shape index (κ1) is 45.6. The van der Waals surface area contributed by atoms with Crippen molar-refractivity contribution < 1.29 is 36.2 Å². The van der Waals surface area contributed by atoms with Crippen molar-refractivity contribution >= 4 is 51.5 Å². The molecule has 5 heterocycles. The number of ether oxygens (including phenoxy) is 3. The average molecular weight is 890 g/mol. The highest BCUT2D eigenvalue weighted by atomic mass is 32.2. The van der Waals surface area contributed by atoms with Gasteiger partial charge in [-0.15, -0.1) is 5.54 Å². The van der Waals surface area contributed by atoms with E-state index in [0.717, 1.165) is 19.3 Å². The normalized spacial score (nSPS) is 19.4. The Hall–Kier alpha value is -4.39. The van der Waals surface area contributed by atoms with Crippen LogP contribution in [0.25, 0.3) is 32.9 Å². The number of amides is 1. The summed E-state index contributed by atoms with van der Waals surface area (Å²) in [4.78, 5) is 32.0. The quantitative estimate of drug-likeness (QED) is 0.0694. The highest BCUT2D eigenvalue weighted by molar-refractivity contribution is 7.91. The third-order valence-electron chi connectivity index (χ3n) is 13.2. The van der Waals surface area contributed by atoms with Crippen molar-refractivity contribution in [3.8, 4) is 28.5 Å². The molecule has 11 nitrogen and oxygen atoms in total. The molecule has 62 heavy (non-hydrogen) atoms. The number of benzene rings is 2. The fourth-order valence-electron chi connectivity index (χ4n) is 10.5. The Balaban J connectivity index is 1.52. The molecule has 4 aromatic rings. The van der Waals surface area contributed by atoms with Crippen LogP contribution in [0.4, 0.5) is 19.4 Å². The van der Waals surface area contributed by atoms with Crippen molar-refractivity contribution in [2.24, 2.45) is 0 Å². The summed E-state index contributed by atoms with van der Waals surface area (Å²) >= 11 is 0. The number of fused-ring (bicyclic) bond motifs is 6. The van der Waals surface area contributed by atoms with Crippen molar-refractivity contribution in [3.63, 3.8) is 0 Å². The number of sulfone groups is 1. The topological polar surface area (TPSA) is 124 Å². The van der Waals surface area contributed by atoms with Crippen LogP contribution in [-0.2, 0) is 25.7 Å². The third kappa shape index (κ3) is 8.15. The van der Waals surface area contributed by atoms with Crippen LogP contribution in [-0.4, -0.2) is 92.4 Å². The summed E-state index contributed by atoms with van der Waals surface area (Å²) in [5.74, 6) is 2.24. The average Bonchev–Trinajstić information content (AvgIpc) is 3.56. The summed E-state index contributed by atoms with van der Waals surface area (Å²) in [5, 5.41) is 0.779. The highest BCUT2D eigenvalue weighted by Gasteiger charge is 2.51. The van der Waals surface area contributed by atoms with Crippen molar-refractivity contribution in [2.45, 2.75) is 153 Å². The molecule has 0 spiro atoms. The van der Waals surface area contributed by atoms with Crippen LogP contribution >= 0.6 is 0 Å². The van der Waals surface area contributed by atoms with E-state index in [1.165, 1.54) is 20.1 Å². The molecule has 2 fully saturated rings. The van der Waals surface area contributed by atoms with E-state index in [2.05, 4.69) is 62.9 Å². The van der Waals surface area contributed by atoms with Crippen molar-refractivity contribution in [1.29, 1.82) is 0 Å². The Kier molecular flexibility index (Phi) is 12.7. The Bertz CT molecular complexity index is 2550. The maximum Gasteiger partial charge on any atom is 0.410 e. The zero-order valence-corrected chi connectivity index (χ0v) is 39.8. The van der Waals surface area contributed by atoms with Crippen LogP contribution in [0.3, 0.4) is 0 Å². The minimum Gasteiger partial charge on any atom is -0.468 e. The zero-order chi connectivity index (χ0) is 45.1. The third-order valence-corrected chi connectivity index (χ3v) is 21.0. The predicted octanol–water partition coefficient (Wildman–Crippen LogP) is 10.2. The van der Waals surface area contributed by atoms with Crippen LogP contribution in [0.1, 0.15) is 113 Å². The number of carbonyl (C=O) groups is 1. The minimum atomic E-state index is -4.05. The highest BCUT2D eigenvalue weighted by Crippen LogP contribution is 2.46. The maximum absolute atomic E-state index is 18.0. The van der Waals surface area contributed by atoms with Gasteiger partial charge < -0.3 is 19.1 Å². The van der Waals surface area contributed by atoms with Gasteiger partial charge in [0.05, 0.1) is 40.5 Å². The lowest BCUT2D eigenvalue weighted by Crippen LogP contribution is -2.62. The standard InChI is InChI=1S/C47H61F2N5O6SSi/c1-12-61(56,57)45-51-43-40-36(15-13-14-16-37-38-20-18-31(25-53(37)44(40)52-45)54(38)46(55)60-47(8,9)10)50-42(41(43)49)34-24-32(59-26-58-11)23-30-17-19-35(48)33(39(30)34)21-22-62(27(2)3,28(4)5)29(6)7/h17,19,23-24,27-29,31,37-38H,12-16,18,20,25-26H2,1-11H3/t31-,37-,38+/m1/s1. The molecule has 3 aliphatic rings. The molecule has 3 aliphatic heterocycles. The molecule has 7 rings (SSSR count). The van der Waals surface area contributed by atoms with Gasteiger partial charge in [-0.2, -0.15) is 0 Å². The predicted molar refractivity (Wildman–Crippen MR) is 242 cm³/mol. The minimum absolute atomic E-state index is 0.0951. The van der Waals surface area contributed by atoms with Gasteiger partial charge in [0, 0.05) is 24.6 Å². The molecule has 0 radical (unpaired) electrons. The molecule has 2 aromatic heterocycles. The molecule has 0 aliphatic carbocycles. The van der Waals surface area contributed by atoms with Gasteiger partial charge in [0.15, 0.2) is 12.6 Å². The van der Waals surface area contributed by atoms with E-state index in [1.807, 2.05) is 25.7 Å². The number of nitrogens with zero attached hydrogens (tertiary/aromatic N) is 5. The summed E-state index contributed by atoms with van der Waals surface area (Å²) in [6.07, 6.45) is 3.61. The van der Waals surface area contributed by atoms with Crippen molar-refractivity contribution in [1.82, 2.24) is 19.9 Å². The number of aryl methyl sites for hydroxylation is 1. The molecule has 334 valence electrons. The van der Waals surface area contributed by atoms with Gasteiger partial charge >= 0.3 is 6.09 Å². The van der Waals surface area contributed by atoms with Crippen LogP contribution in [0.5, 0.6) is 5.75 Å². The molecule has 0 saturated carbocycles. The first-order valence-corrected chi connectivity index (χ1v) is 25.9. The lowest BCUT2D eigenvalue weighted by Gasteiger charge is -2.47. The molecule has 3 atom stereocenters. The lowest BCUT2D eigenvalue weighted by atomic mass is 9.95. The first-order valence-electron chi connectivity index (χ1n) is 22.1. The summed E-state index contributed by atoms with van der Waals surface area (Å²) in [6, 6.07) is 5.67. The molecular formula is C47H61F2N5O6SSi. The van der Waals surface area contributed by atoms with E-state index >= 15 is 8.78 Å². The van der Waals surface area contributed by atoms with Crippen molar-refractivity contribution in [3.05, 3.63) is 47.2 Å².